The van der Waals surface area contributed by atoms with Crippen molar-refractivity contribution in [3.63, 3.8) is 0 Å². The second-order valence-electron chi connectivity index (χ2n) is 7.31. The maximum atomic E-state index is 12.8. The number of unbranched alkanes of at least 4 members (excludes halogenated alkanes) is 1. The average molecular weight is 489 g/mol. The minimum atomic E-state index is -3.63. The lowest BCUT2D eigenvalue weighted by atomic mass is 10.2. The number of fused-ring (bicyclic) bond motifs is 1. The molecule has 0 N–H and O–H groups in total. The molecule has 2 aromatic carbocycles. The van der Waals surface area contributed by atoms with Crippen LogP contribution in [-0.2, 0) is 16.6 Å². The van der Waals surface area contributed by atoms with E-state index in [4.69, 9.17) is 0 Å². The van der Waals surface area contributed by atoms with Crippen molar-refractivity contribution >= 4 is 43.2 Å². The first-order valence-electron chi connectivity index (χ1n) is 10.2. The maximum Gasteiger partial charge on any atom is 0.279 e. The van der Waals surface area contributed by atoms with Crippen LogP contribution in [0.4, 0.5) is 5.69 Å². The minimum absolute atomic E-state index is 0.0586. The van der Waals surface area contributed by atoms with E-state index in [1.807, 2.05) is 6.92 Å². The van der Waals surface area contributed by atoms with Gasteiger partial charge in [-0.1, -0.05) is 30.8 Å². The van der Waals surface area contributed by atoms with Gasteiger partial charge in [0.05, 0.1) is 20.0 Å². The first-order valence-corrected chi connectivity index (χ1v) is 12.5. The van der Waals surface area contributed by atoms with E-state index >= 15 is 0 Å². The van der Waals surface area contributed by atoms with Gasteiger partial charge in [0.2, 0.25) is 10.0 Å². The fraction of sp³-hybridized carbons (Fsp3) is 0.273. The van der Waals surface area contributed by atoms with E-state index in [1.54, 1.807) is 16.7 Å². The number of hydrogen-bond donors (Lipinski definition) is 0. The molecule has 11 heteroatoms. The van der Waals surface area contributed by atoms with Crippen molar-refractivity contribution in [2.75, 3.05) is 13.6 Å². The number of rotatable bonds is 9. The molecular weight excluding hydrogens is 464 g/mol. The quantitative estimate of drug-likeness (QED) is 0.257. The monoisotopic (exact) mass is 488 g/mol. The Morgan fingerprint density at radius 3 is 2.58 bits per heavy atom. The SMILES string of the molecule is C=CCn1c(=NC(=O)c2ccc(S(=O)(=O)N(C)CCCC)cc2)sc2ccc([N+](=O)[O-])cc21. The van der Waals surface area contributed by atoms with E-state index in [0.29, 0.717) is 23.4 Å². The van der Waals surface area contributed by atoms with Crippen molar-refractivity contribution in [1.29, 1.82) is 0 Å². The molecule has 1 aromatic heterocycles. The molecule has 3 aromatic rings. The largest absolute Gasteiger partial charge is 0.312 e. The van der Waals surface area contributed by atoms with Gasteiger partial charge in [-0.05, 0) is 36.8 Å². The molecule has 0 aliphatic rings. The summed E-state index contributed by atoms with van der Waals surface area (Å²) in [6.07, 6.45) is 3.25. The molecule has 1 amide bonds. The Morgan fingerprint density at radius 1 is 1.27 bits per heavy atom. The standard InChI is InChI=1S/C22H24N4O5S2/c1-4-6-14-24(3)33(30,31)18-10-7-16(8-11-18)21(27)23-22-25(13-5-2)19-15-17(26(28)29)9-12-20(19)32-22/h5,7-12,15H,2,4,6,13-14H2,1,3H3. The lowest BCUT2D eigenvalue weighted by Crippen LogP contribution is -2.27. The Balaban J connectivity index is 1.96. The van der Waals surface area contributed by atoms with Crippen LogP contribution in [-0.4, -0.2) is 41.7 Å². The topological polar surface area (TPSA) is 115 Å². The number of sulfonamides is 1. The molecule has 1 heterocycles. The molecule has 0 aliphatic carbocycles. The van der Waals surface area contributed by atoms with E-state index in [9.17, 15) is 23.3 Å². The summed E-state index contributed by atoms with van der Waals surface area (Å²) in [4.78, 5) is 28.1. The zero-order valence-electron chi connectivity index (χ0n) is 18.3. The molecule has 0 radical (unpaired) electrons. The summed E-state index contributed by atoms with van der Waals surface area (Å²) in [7, 11) is -2.10. The van der Waals surface area contributed by atoms with E-state index in [-0.39, 0.29) is 16.1 Å². The predicted molar refractivity (Wildman–Crippen MR) is 128 cm³/mol. The van der Waals surface area contributed by atoms with Gasteiger partial charge in [0, 0.05) is 37.8 Å². The second-order valence-corrected chi connectivity index (χ2v) is 10.4. The van der Waals surface area contributed by atoms with E-state index in [1.165, 1.54) is 59.1 Å². The van der Waals surface area contributed by atoms with Crippen LogP contribution in [0.15, 0.2) is 65.0 Å². The molecule has 9 nitrogen and oxygen atoms in total. The van der Waals surface area contributed by atoms with Crippen LogP contribution >= 0.6 is 11.3 Å². The van der Waals surface area contributed by atoms with Crippen LogP contribution < -0.4 is 4.80 Å². The summed E-state index contributed by atoms with van der Waals surface area (Å²) in [5.74, 6) is -0.544. The Hall–Kier alpha value is -3.15. The Labute approximate surface area is 195 Å². The lowest BCUT2D eigenvalue weighted by molar-refractivity contribution is -0.384. The summed E-state index contributed by atoms with van der Waals surface area (Å²) in [6, 6.07) is 10.1. The normalized spacial score (nSPS) is 12.4. The van der Waals surface area contributed by atoms with Gasteiger partial charge in [-0.15, -0.1) is 6.58 Å². The third-order valence-electron chi connectivity index (χ3n) is 5.02. The number of thiazole rings is 1. The predicted octanol–water partition coefficient (Wildman–Crippen LogP) is 3.96. The number of non-ortho nitro benzene ring substituents is 1. The van der Waals surface area contributed by atoms with Gasteiger partial charge in [0.1, 0.15) is 0 Å². The Kier molecular flexibility index (Phi) is 7.57. The molecular formula is C22H24N4O5S2. The molecule has 0 bridgehead atoms. The highest BCUT2D eigenvalue weighted by Crippen LogP contribution is 2.23. The zero-order valence-corrected chi connectivity index (χ0v) is 19.9. The number of carbonyl (C=O) groups excluding carboxylic acids is 1. The highest BCUT2D eigenvalue weighted by molar-refractivity contribution is 7.89. The lowest BCUT2D eigenvalue weighted by Gasteiger charge is -2.16. The number of amides is 1. The molecule has 174 valence electrons. The summed E-state index contributed by atoms with van der Waals surface area (Å²) < 4.78 is 29.0. The van der Waals surface area contributed by atoms with Gasteiger partial charge >= 0.3 is 0 Å². The summed E-state index contributed by atoms with van der Waals surface area (Å²) >= 11 is 1.23. The van der Waals surface area contributed by atoms with Gasteiger partial charge in [-0.3, -0.25) is 14.9 Å². The van der Waals surface area contributed by atoms with Crippen molar-refractivity contribution < 1.29 is 18.1 Å². The number of carbonyl (C=O) groups is 1. The van der Waals surface area contributed by atoms with Crippen LogP contribution in [0.1, 0.15) is 30.1 Å². The third kappa shape index (κ3) is 5.27. The van der Waals surface area contributed by atoms with Gasteiger partial charge in [-0.2, -0.15) is 4.99 Å². The molecule has 0 fully saturated rings. The van der Waals surface area contributed by atoms with Crippen LogP contribution in [0.3, 0.4) is 0 Å². The third-order valence-corrected chi connectivity index (χ3v) is 7.95. The maximum absolute atomic E-state index is 12.8. The summed E-state index contributed by atoms with van der Waals surface area (Å²) in [5, 5.41) is 11.1. The van der Waals surface area contributed by atoms with Gasteiger partial charge in [0.15, 0.2) is 4.80 Å². The highest BCUT2D eigenvalue weighted by Gasteiger charge is 2.20. The number of benzene rings is 2. The summed E-state index contributed by atoms with van der Waals surface area (Å²) in [5.41, 5.74) is 0.757. The molecule has 0 saturated heterocycles. The van der Waals surface area contributed by atoms with Crippen molar-refractivity contribution in [3.05, 3.63) is 75.6 Å². The van der Waals surface area contributed by atoms with Crippen LogP contribution in [0, 0.1) is 10.1 Å². The van der Waals surface area contributed by atoms with Crippen molar-refractivity contribution in [1.82, 2.24) is 8.87 Å². The Morgan fingerprint density at radius 2 is 1.97 bits per heavy atom. The van der Waals surface area contributed by atoms with Crippen LogP contribution in [0.5, 0.6) is 0 Å². The van der Waals surface area contributed by atoms with Crippen molar-refractivity contribution in [3.8, 4) is 0 Å². The fourth-order valence-corrected chi connectivity index (χ4v) is 5.39. The summed E-state index contributed by atoms with van der Waals surface area (Å²) in [6.45, 7) is 6.43. The number of nitro groups is 1. The number of hydrogen-bond acceptors (Lipinski definition) is 6. The molecule has 0 spiro atoms. The fourth-order valence-electron chi connectivity index (χ4n) is 3.16. The van der Waals surface area contributed by atoms with E-state index < -0.39 is 20.9 Å². The molecule has 0 atom stereocenters. The number of allylic oxidation sites excluding steroid dienone is 1. The molecule has 33 heavy (non-hydrogen) atoms. The van der Waals surface area contributed by atoms with E-state index in [0.717, 1.165) is 17.5 Å². The smallest absolute Gasteiger partial charge is 0.279 e. The number of aromatic nitrogens is 1. The molecule has 3 rings (SSSR count). The first kappa shape index (κ1) is 24.5. The van der Waals surface area contributed by atoms with E-state index in [2.05, 4.69) is 11.6 Å². The Bertz CT molecular complexity index is 1370. The molecule has 0 unspecified atom stereocenters. The van der Waals surface area contributed by atoms with Gasteiger partial charge < -0.3 is 4.57 Å². The van der Waals surface area contributed by atoms with Gasteiger partial charge in [-0.25, -0.2) is 12.7 Å². The number of nitro benzene ring substituents is 1. The van der Waals surface area contributed by atoms with Crippen molar-refractivity contribution in [2.24, 2.45) is 4.99 Å². The second kappa shape index (κ2) is 10.2. The molecule has 0 aliphatic heterocycles. The van der Waals surface area contributed by atoms with Gasteiger partial charge in [0.25, 0.3) is 11.6 Å². The highest BCUT2D eigenvalue weighted by atomic mass is 32.2. The minimum Gasteiger partial charge on any atom is -0.312 e. The number of nitrogens with zero attached hydrogens (tertiary/aromatic N) is 4. The average Bonchev–Trinajstić information content (AvgIpc) is 3.13. The van der Waals surface area contributed by atoms with Crippen LogP contribution in [0.25, 0.3) is 10.2 Å². The molecule has 0 saturated carbocycles. The van der Waals surface area contributed by atoms with Crippen LogP contribution in [0.2, 0.25) is 0 Å². The first-order chi connectivity index (χ1) is 15.7. The van der Waals surface area contributed by atoms with Crippen molar-refractivity contribution in [2.45, 2.75) is 31.2 Å². The zero-order chi connectivity index (χ0) is 24.2.